The first-order valence-electron chi connectivity index (χ1n) is 5.71. The first kappa shape index (κ1) is 12.8. The number of hydrogen-bond donors (Lipinski definition) is 0. The molecule has 2 rings (SSSR count). The van der Waals surface area contributed by atoms with E-state index in [0.717, 1.165) is 15.6 Å². The van der Waals surface area contributed by atoms with Crippen LogP contribution < -0.4 is 0 Å². The van der Waals surface area contributed by atoms with Gasteiger partial charge in [-0.1, -0.05) is 58.4 Å². The summed E-state index contributed by atoms with van der Waals surface area (Å²) in [6, 6.07) is 15.4. The maximum Gasteiger partial charge on any atom is 0.186 e. The van der Waals surface area contributed by atoms with Gasteiger partial charge in [0.1, 0.15) is 0 Å². The van der Waals surface area contributed by atoms with Gasteiger partial charge >= 0.3 is 0 Å². The summed E-state index contributed by atoms with van der Waals surface area (Å²) < 4.78 is 0.824. The second-order valence-electron chi connectivity index (χ2n) is 4.03. The third kappa shape index (κ3) is 2.96. The lowest BCUT2D eigenvalue weighted by Gasteiger charge is -2.00. The van der Waals surface area contributed by atoms with Crippen LogP contribution in [0.4, 0.5) is 0 Å². The van der Waals surface area contributed by atoms with Crippen LogP contribution >= 0.6 is 15.9 Å². The van der Waals surface area contributed by atoms with Crippen LogP contribution in [-0.2, 0) is 0 Å². The normalized spacial score (nSPS) is 10.8. The number of benzene rings is 2. The standard InChI is InChI=1S/C16H13BrO/c1-12-6-2-3-7-13(12)10-11-16(18)14-8-4-5-9-15(14)17/h2-11H,1H3/b11-10+. The minimum atomic E-state index is 0.00530. The number of halogens is 1. The van der Waals surface area contributed by atoms with Crippen LogP contribution in [0.2, 0.25) is 0 Å². The molecule has 0 saturated carbocycles. The zero-order chi connectivity index (χ0) is 13.0. The minimum Gasteiger partial charge on any atom is -0.289 e. The van der Waals surface area contributed by atoms with Crippen molar-refractivity contribution in [2.45, 2.75) is 6.92 Å². The third-order valence-corrected chi connectivity index (χ3v) is 3.43. The quantitative estimate of drug-likeness (QED) is 0.595. The summed E-state index contributed by atoms with van der Waals surface area (Å²) in [5.74, 6) is 0.00530. The number of allylic oxidation sites excluding steroid dienone is 1. The zero-order valence-electron chi connectivity index (χ0n) is 10.1. The van der Waals surface area contributed by atoms with Crippen molar-refractivity contribution in [3.05, 3.63) is 75.8 Å². The minimum absolute atomic E-state index is 0.00530. The van der Waals surface area contributed by atoms with Crippen LogP contribution in [0.3, 0.4) is 0 Å². The first-order chi connectivity index (χ1) is 8.68. The van der Waals surface area contributed by atoms with E-state index in [4.69, 9.17) is 0 Å². The molecule has 0 aromatic heterocycles. The van der Waals surface area contributed by atoms with E-state index < -0.39 is 0 Å². The van der Waals surface area contributed by atoms with Crippen LogP contribution in [0.25, 0.3) is 6.08 Å². The molecule has 0 saturated heterocycles. The van der Waals surface area contributed by atoms with E-state index >= 15 is 0 Å². The molecule has 0 aliphatic heterocycles. The van der Waals surface area contributed by atoms with E-state index in [2.05, 4.69) is 15.9 Å². The SMILES string of the molecule is Cc1ccccc1/C=C/C(=O)c1ccccc1Br. The first-order valence-corrected chi connectivity index (χ1v) is 6.50. The van der Waals surface area contributed by atoms with E-state index in [9.17, 15) is 4.79 Å². The lowest BCUT2D eigenvalue weighted by atomic mass is 10.1. The Hall–Kier alpha value is -1.67. The summed E-state index contributed by atoms with van der Waals surface area (Å²) in [4.78, 5) is 12.0. The van der Waals surface area contributed by atoms with Gasteiger partial charge in [-0.05, 0) is 36.3 Å². The Bertz CT molecular complexity index is 600. The molecular formula is C16H13BrO. The van der Waals surface area contributed by atoms with Gasteiger partial charge in [0, 0.05) is 10.0 Å². The monoisotopic (exact) mass is 300 g/mol. The fraction of sp³-hybridized carbons (Fsp3) is 0.0625. The average molecular weight is 301 g/mol. The fourth-order valence-corrected chi connectivity index (χ4v) is 2.17. The van der Waals surface area contributed by atoms with Crippen LogP contribution in [0.1, 0.15) is 21.5 Å². The van der Waals surface area contributed by atoms with Crippen LogP contribution in [-0.4, -0.2) is 5.78 Å². The summed E-state index contributed by atoms with van der Waals surface area (Å²) in [5.41, 5.74) is 2.91. The van der Waals surface area contributed by atoms with Crippen LogP contribution in [0, 0.1) is 6.92 Å². The van der Waals surface area contributed by atoms with E-state index in [-0.39, 0.29) is 5.78 Å². The number of aryl methyl sites for hydroxylation is 1. The van der Waals surface area contributed by atoms with Crippen molar-refractivity contribution >= 4 is 27.8 Å². The van der Waals surface area contributed by atoms with Gasteiger partial charge in [0.05, 0.1) is 0 Å². The predicted octanol–water partition coefficient (Wildman–Crippen LogP) is 4.65. The molecule has 2 heteroatoms. The van der Waals surface area contributed by atoms with Gasteiger partial charge in [0.25, 0.3) is 0 Å². The summed E-state index contributed by atoms with van der Waals surface area (Å²) in [6.07, 6.45) is 3.47. The zero-order valence-corrected chi connectivity index (χ0v) is 11.6. The molecule has 2 aromatic carbocycles. The van der Waals surface area contributed by atoms with E-state index in [1.54, 1.807) is 6.08 Å². The Labute approximate surface area is 115 Å². The van der Waals surface area contributed by atoms with Crippen molar-refractivity contribution in [2.24, 2.45) is 0 Å². The Morgan fingerprint density at radius 2 is 1.72 bits per heavy atom. The van der Waals surface area contributed by atoms with Gasteiger partial charge in [0.15, 0.2) is 5.78 Å². The smallest absolute Gasteiger partial charge is 0.186 e. The highest BCUT2D eigenvalue weighted by Gasteiger charge is 2.05. The summed E-state index contributed by atoms with van der Waals surface area (Å²) >= 11 is 3.38. The van der Waals surface area contributed by atoms with E-state index in [1.807, 2.05) is 61.5 Å². The van der Waals surface area contributed by atoms with Gasteiger partial charge in [-0.2, -0.15) is 0 Å². The molecule has 18 heavy (non-hydrogen) atoms. The summed E-state index contributed by atoms with van der Waals surface area (Å²) in [7, 11) is 0. The molecule has 0 fully saturated rings. The van der Waals surface area contributed by atoms with Crippen molar-refractivity contribution in [1.82, 2.24) is 0 Å². The third-order valence-electron chi connectivity index (χ3n) is 2.74. The topological polar surface area (TPSA) is 17.1 Å². The molecule has 0 bridgehead atoms. The number of ketones is 1. The van der Waals surface area contributed by atoms with Gasteiger partial charge in [-0.15, -0.1) is 0 Å². The molecule has 0 heterocycles. The van der Waals surface area contributed by atoms with E-state index in [0.29, 0.717) is 5.56 Å². The van der Waals surface area contributed by atoms with Crippen LogP contribution in [0.5, 0.6) is 0 Å². The number of hydrogen-bond acceptors (Lipinski definition) is 1. The number of rotatable bonds is 3. The Morgan fingerprint density at radius 1 is 1.06 bits per heavy atom. The molecule has 0 unspecified atom stereocenters. The molecule has 0 atom stereocenters. The largest absolute Gasteiger partial charge is 0.289 e. The van der Waals surface area contributed by atoms with E-state index in [1.165, 1.54) is 0 Å². The van der Waals surface area contributed by atoms with Gasteiger partial charge in [0.2, 0.25) is 0 Å². The molecule has 90 valence electrons. The average Bonchev–Trinajstić information content (AvgIpc) is 2.38. The highest BCUT2D eigenvalue weighted by Crippen LogP contribution is 2.17. The molecular weight excluding hydrogens is 288 g/mol. The molecule has 0 N–H and O–H groups in total. The summed E-state index contributed by atoms with van der Waals surface area (Å²) in [5, 5.41) is 0. The molecule has 0 spiro atoms. The highest BCUT2D eigenvalue weighted by molar-refractivity contribution is 9.10. The Balaban J connectivity index is 2.23. The second kappa shape index (κ2) is 5.78. The second-order valence-corrected chi connectivity index (χ2v) is 4.89. The van der Waals surface area contributed by atoms with Crippen molar-refractivity contribution in [3.63, 3.8) is 0 Å². The Kier molecular flexibility index (Phi) is 4.11. The van der Waals surface area contributed by atoms with Crippen molar-refractivity contribution in [1.29, 1.82) is 0 Å². The lowest BCUT2D eigenvalue weighted by molar-refractivity contribution is 0.104. The van der Waals surface area contributed by atoms with Gasteiger partial charge in [-0.3, -0.25) is 4.79 Å². The molecule has 0 amide bonds. The number of carbonyl (C=O) groups excluding carboxylic acids is 1. The molecule has 0 radical (unpaired) electrons. The lowest BCUT2D eigenvalue weighted by Crippen LogP contribution is -1.95. The number of carbonyl (C=O) groups is 1. The maximum atomic E-state index is 12.0. The molecule has 0 aliphatic carbocycles. The van der Waals surface area contributed by atoms with Crippen molar-refractivity contribution < 1.29 is 4.79 Å². The molecule has 0 aliphatic rings. The van der Waals surface area contributed by atoms with Crippen molar-refractivity contribution in [3.8, 4) is 0 Å². The van der Waals surface area contributed by atoms with Crippen molar-refractivity contribution in [2.75, 3.05) is 0 Å². The van der Waals surface area contributed by atoms with Gasteiger partial charge in [-0.25, -0.2) is 0 Å². The highest BCUT2D eigenvalue weighted by atomic mass is 79.9. The summed E-state index contributed by atoms with van der Waals surface area (Å²) in [6.45, 7) is 2.03. The maximum absolute atomic E-state index is 12.0. The Morgan fingerprint density at radius 3 is 2.44 bits per heavy atom. The van der Waals surface area contributed by atoms with Gasteiger partial charge < -0.3 is 0 Å². The molecule has 1 nitrogen and oxygen atoms in total. The predicted molar refractivity (Wildman–Crippen MR) is 78.7 cm³/mol. The fourth-order valence-electron chi connectivity index (χ4n) is 1.69. The molecule has 2 aromatic rings. The van der Waals surface area contributed by atoms with Crippen LogP contribution in [0.15, 0.2) is 59.1 Å².